The predicted octanol–water partition coefficient (Wildman–Crippen LogP) is 3.19. The Balaban J connectivity index is 2.39. The molecular weight excluding hydrogens is 304 g/mol. The van der Waals surface area contributed by atoms with Crippen LogP contribution in [0.4, 0.5) is 5.69 Å². The van der Waals surface area contributed by atoms with Crippen LogP contribution in [0.2, 0.25) is 0 Å². The highest BCUT2D eigenvalue weighted by Crippen LogP contribution is 2.29. The Morgan fingerprint density at radius 2 is 1.74 bits per heavy atom. The third-order valence-electron chi connectivity index (χ3n) is 3.51. The van der Waals surface area contributed by atoms with Gasteiger partial charge in [-0.15, -0.1) is 0 Å². The Morgan fingerprint density at radius 1 is 1.16 bits per heavy atom. The lowest BCUT2D eigenvalue weighted by atomic mass is 9.93. The fraction of sp³-hybridized carbons (Fsp3) is 0.533. The van der Waals surface area contributed by atoms with Crippen LogP contribution in [-0.2, 0) is 4.79 Å². The van der Waals surface area contributed by atoms with Crippen molar-refractivity contribution < 1.29 is 4.79 Å². The molecule has 1 saturated heterocycles. The van der Waals surface area contributed by atoms with E-state index in [0.29, 0.717) is 0 Å². The van der Waals surface area contributed by atoms with Crippen LogP contribution in [0.15, 0.2) is 28.7 Å². The van der Waals surface area contributed by atoms with Gasteiger partial charge in [0.05, 0.1) is 5.54 Å². The number of anilines is 1. The number of amides is 1. The zero-order chi connectivity index (χ0) is 14.3. The lowest BCUT2D eigenvalue weighted by Gasteiger charge is -2.30. The lowest BCUT2D eigenvalue weighted by Crippen LogP contribution is -2.51. The number of carbonyl (C=O) groups is 1. The standard InChI is InChI=1S/C15H21BrN2O/c1-14(2)9-17-15(3,4)13(19)18(10-14)12-7-5-11(16)6-8-12/h5-8,17H,9-10H2,1-4H3. The number of halogens is 1. The molecular formula is C15H21BrN2O. The second-order valence-corrected chi connectivity index (χ2v) is 7.43. The molecule has 4 heteroatoms. The molecule has 0 bridgehead atoms. The van der Waals surface area contributed by atoms with Crippen molar-refractivity contribution in [1.29, 1.82) is 0 Å². The summed E-state index contributed by atoms with van der Waals surface area (Å²) in [6, 6.07) is 7.92. The molecule has 104 valence electrons. The average Bonchev–Trinajstić information content (AvgIpc) is 2.41. The summed E-state index contributed by atoms with van der Waals surface area (Å²) in [4.78, 5) is 14.6. The highest BCUT2D eigenvalue weighted by molar-refractivity contribution is 9.10. The SMILES string of the molecule is CC1(C)CNC(C)(C)C(=O)N(c2ccc(Br)cc2)C1. The molecule has 3 nitrogen and oxygen atoms in total. The van der Waals surface area contributed by atoms with Crippen molar-refractivity contribution in [3.05, 3.63) is 28.7 Å². The molecule has 0 atom stereocenters. The number of rotatable bonds is 1. The van der Waals surface area contributed by atoms with Crippen molar-refractivity contribution in [2.75, 3.05) is 18.0 Å². The predicted molar refractivity (Wildman–Crippen MR) is 82.4 cm³/mol. The Labute approximate surface area is 123 Å². The molecule has 19 heavy (non-hydrogen) atoms. The Kier molecular flexibility index (Phi) is 3.76. The molecule has 1 N–H and O–H groups in total. The van der Waals surface area contributed by atoms with Crippen LogP contribution in [-0.4, -0.2) is 24.5 Å². The molecule has 0 aliphatic carbocycles. The zero-order valence-corrected chi connectivity index (χ0v) is 13.5. The van der Waals surface area contributed by atoms with Crippen LogP contribution < -0.4 is 10.2 Å². The first kappa shape index (κ1) is 14.5. The number of benzene rings is 1. The van der Waals surface area contributed by atoms with E-state index in [1.165, 1.54) is 0 Å². The minimum absolute atomic E-state index is 0.0521. The van der Waals surface area contributed by atoms with Crippen LogP contribution in [0.3, 0.4) is 0 Å². The highest BCUT2D eigenvalue weighted by atomic mass is 79.9. The van der Waals surface area contributed by atoms with Crippen molar-refractivity contribution in [2.45, 2.75) is 33.2 Å². The van der Waals surface area contributed by atoms with E-state index < -0.39 is 5.54 Å². The monoisotopic (exact) mass is 324 g/mol. The smallest absolute Gasteiger partial charge is 0.246 e. The molecule has 0 aromatic heterocycles. The fourth-order valence-electron chi connectivity index (χ4n) is 2.26. The zero-order valence-electron chi connectivity index (χ0n) is 12.0. The van der Waals surface area contributed by atoms with Gasteiger partial charge in [-0.25, -0.2) is 0 Å². The largest absolute Gasteiger partial charge is 0.310 e. The molecule has 1 aliphatic heterocycles. The molecule has 1 fully saturated rings. The molecule has 0 spiro atoms. The summed E-state index contributed by atoms with van der Waals surface area (Å²) in [5, 5.41) is 3.37. The van der Waals surface area contributed by atoms with E-state index in [1.807, 2.05) is 43.0 Å². The Morgan fingerprint density at radius 3 is 2.32 bits per heavy atom. The number of hydrogen-bond donors (Lipinski definition) is 1. The second-order valence-electron chi connectivity index (χ2n) is 6.51. The lowest BCUT2D eigenvalue weighted by molar-refractivity contribution is -0.123. The van der Waals surface area contributed by atoms with Gasteiger partial charge in [-0.1, -0.05) is 29.8 Å². The molecule has 0 unspecified atom stereocenters. The number of nitrogens with zero attached hydrogens (tertiary/aromatic N) is 1. The first-order valence-electron chi connectivity index (χ1n) is 6.54. The van der Waals surface area contributed by atoms with Crippen LogP contribution in [0.25, 0.3) is 0 Å². The van der Waals surface area contributed by atoms with Gasteiger partial charge >= 0.3 is 0 Å². The van der Waals surface area contributed by atoms with Crippen molar-refractivity contribution in [2.24, 2.45) is 5.41 Å². The van der Waals surface area contributed by atoms with Crippen molar-refractivity contribution in [3.8, 4) is 0 Å². The Bertz CT molecular complexity index is 479. The van der Waals surface area contributed by atoms with Crippen molar-refractivity contribution >= 4 is 27.5 Å². The van der Waals surface area contributed by atoms with Crippen molar-refractivity contribution in [3.63, 3.8) is 0 Å². The maximum atomic E-state index is 12.7. The van der Waals surface area contributed by atoms with E-state index >= 15 is 0 Å². The normalized spacial score (nSPS) is 22.2. The van der Waals surface area contributed by atoms with Crippen LogP contribution in [0.5, 0.6) is 0 Å². The second kappa shape index (κ2) is 4.91. The first-order valence-corrected chi connectivity index (χ1v) is 7.33. The molecule has 0 saturated carbocycles. The fourth-order valence-corrected chi connectivity index (χ4v) is 2.52. The topological polar surface area (TPSA) is 32.3 Å². The van der Waals surface area contributed by atoms with E-state index in [2.05, 4.69) is 35.1 Å². The average molecular weight is 325 g/mol. The maximum absolute atomic E-state index is 12.7. The van der Waals surface area contributed by atoms with Crippen LogP contribution >= 0.6 is 15.9 Å². The van der Waals surface area contributed by atoms with E-state index in [9.17, 15) is 4.79 Å². The molecule has 1 aliphatic rings. The first-order chi connectivity index (χ1) is 8.71. The molecule has 1 aromatic carbocycles. The van der Waals surface area contributed by atoms with Gasteiger partial charge in [0, 0.05) is 23.2 Å². The number of carbonyl (C=O) groups excluding carboxylic acids is 1. The quantitative estimate of drug-likeness (QED) is 0.860. The van der Waals surface area contributed by atoms with Gasteiger partial charge in [0.1, 0.15) is 0 Å². The van der Waals surface area contributed by atoms with Gasteiger partial charge in [-0.3, -0.25) is 4.79 Å². The van der Waals surface area contributed by atoms with Crippen LogP contribution in [0, 0.1) is 5.41 Å². The van der Waals surface area contributed by atoms with E-state index in [1.54, 1.807) is 0 Å². The summed E-state index contributed by atoms with van der Waals surface area (Å²) in [6.45, 7) is 9.81. The van der Waals surface area contributed by atoms with Gasteiger partial charge in [0.2, 0.25) is 5.91 Å². The summed E-state index contributed by atoms with van der Waals surface area (Å²) < 4.78 is 1.02. The molecule has 0 radical (unpaired) electrons. The van der Waals surface area contributed by atoms with Gasteiger partial charge in [-0.2, -0.15) is 0 Å². The summed E-state index contributed by atoms with van der Waals surface area (Å²) >= 11 is 3.43. The van der Waals surface area contributed by atoms with E-state index in [0.717, 1.165) is 23.2 Å². The number of nitrogens with one attached hydrogen (secondary N) is 1. The number of hydrogen-bond acceptors (Lipinski definition) is 2. The molecule has 1 heterocycles. The minimum Gasteiger partial charge on any atom is -0.310 e. The van der Waals surface area contributed by atoms with Crippen molar-refractivity contribution in [1.82, 2.24) is 5.32 Å². The van der Waals surface area contributed by atoms with Gasteiger partial charge in [0.25, 0.3) is 0 Å². The Hall–Kier alpha value is -0.870. The molecule has 1 aromatic rings. The van der Waals surface area contributed by atoms with Gasteiger partial charge in [0.15, 0.2) is 0 Å². The third kappa shape index (κ3) is 3.18. The van der Waals surface area contributed by atoms with Gasteiger partial charge < -0.3 is 10.2 Å². The molecule has 1 amide bonds. The summed E-state index contributed by atoms with van der Waals surface area (Å²) in [7, 11) is 0. The van der Waals surface area contributed by atoms with Crippen LogP contribution in [0.1, 0.15) is 27.7 Å². The summed E-state index contributed by atoms with van der Waals surface area (Å²) in [5.41, 5.74) is 0.482. The highest BCUT2D eigenvalue weighted by Gasteiger charge is 2.39. The third-order valence-corrected chi connectivity index (χ3v) is 4.04. The minimum atomic E-state index is -0.527. The maximum Gasteiger partial charge on any atom is 0.246 e. The molecule has 2 rings (SSSR count). The summed E-state index contributed by atoms with van der Waals surface area (Å²) in [6.07, 6.45) is 0. The summed E-state index contributed by atoms with van der Waals surface area (Å²) in [5.74, 6) is 0.125. The van der Waals surface area contributed by atoms with E-state index in [-0.39, 0.29) is 11.3 Å². The van der Waals surface area contributed by atoms with Gasteiger partial charge in [-0.05, 0) is 43.5 Å². The van der Waals surface area contributed by atoms with E-state index in [4.69, 9.17) is 0 Å².